The fourth-order valence-corrected chi connectivity index (χ4v) is 7.25. The molecule has 4 N–H and O–H groups in total. The first-order chi connectivity index (χ1) is 21.9. The Hall–Kier alpha value is -3.16. The van der Waals surface area contributed by atoms with Crippen molar-refractivity contribution in [3.63, 3.8) is 0 Å². The van der Waals surface area contributed by atoms with Crippen LogP contribution < -0.4 is 19.5 Å². The zero-order chi connectivity index (χ0) is 33.1. The van der Waals surface area contributed by atoms with Crippen LogP contribution in [0.3, 0.4) is 0 Å². The van der Waals surface area contributed by atoms with E-state index in [0.29, 0.717) is 54.4 Å². The van der Waals surface area contributed by atoms with Gasteiger partial charge in [-0.05, 0) is 91.3 Å². The van der Waals surface area contributed by atoms with Crippen LogP contribution in [0.15, 0.2) is 48.6 Å². The maximum Gasteiger partial charge on any atom is 0.298 e. The van der Waals surface area contributed by atoms with Crippen LogP contribution in [-0.4, -0.2) is 70.1 Å². The number of nitrogens with zero attached hydrogens (tertiary/aromatic N) is 2. The van der Waals surface area contributed by atoms with Gasteiger partial charge < -0.3 is 24.4 Å². The highest BCUT2D eigenvalue weighted by Crippen LogP contribution is 2.42. The van der Waals surface area contributed by atoms with Crippen LogP contribution in [0.1, 0.15) is 55.2 Å². The molecule has 0 aromatic heterocycles. The van der Waals surface area contributed by atoms with Gasteiger partial charge in [0.1, 0.15) is 12.4 Å². The molecule has 11 nitrogen and oxygen atoms in total. The van der Waals surface area contributed by atoms with E-state index >= 15 is 0 Å². The Bertz CT molecular complexity index is 1590. The standard InChI is InChI=1S/C33H43ClN4O7S/c1-37-15-5-4-8-29(44-2)27-13-10-23(27)20-38-16-6-3-7-22-17-26(34)12-9-24(22)21-45-30-14-11-25(18-28(30)38)33(41,19-31(37)39)32(40)36-46(35,42)43/h4,8-9,11-12,14,17-18,23,27,29,41H,3,5-7,10,13,15-16,19-21H2,1-2H3,(H,36,40)(H2,35,42,43)/b8-4+/t23-,27+,29-,33?/m0/s1. The van der Waals surface area contributed by atoms with Crippen molar-refractivity contribution < 1.29 is 32.6 Å². The Morgan fingerprint density at radius 2 is 1.96 bits per heavy atom. The van der Waals surface area contributed by atoms with Gasteiger partial charge in [0.05, 0.1) is 18.2 Å². The van der Waals surface area contributed by atoms with Gasteiger partial charge in [0.2, 0.25) is 5.91 Å². The summed E-state index contributed by atoms with van der Waals surface area (Å²) in [5, 5.41) is 17.7. The van der Waals surface area contributed by atoms with Gasteiger partial charge in [-0.2, -0.15) is 8.42 Å². The minimum Gasteiger partial charge on any atom is -0.487 e. The van der Waals surface area contributed by atoms with E-state index in [1.807, 2.05) is 24.3 Å². The number of ether oxygens (including phenoxy) is 2. The molecule has 2 aromatic carbocycles. The van der Waals surface area contributed by atoms with Crippen LogP contribution in [0.25, 0.3) is 0 Å². The van der Waals surface area contributed by atoms with Crippen molar-refractivity contribution in [3.05, 3.63) is 70.3 Å². The van der Waals surface area contributed by atoms with Crippen LogP contribution in [0.4, 0.5) is 5.69 Å². The zero-order valence-corrected chi connectivity index (χ0v) is 27.9. The summed E-state index contributed by atoms with van der Waals surface area (Å²) < 4.78 is 37.8. The summed E-state index contributed by atoms with van der Waals surface area (Å²) in [6, 6.07) is 10.6. The minimum atomic E-state index is -4.54. The minimum absolute atomic E-state index is 0.0525. The number of carbonyl (C=O) groups is 2. The number of carbonyl (C=O) groups excluding carboxylic acids is 2. The molecule has 1 unspecified atom stereocenters. The third kappa shape index (κ3) is 7.86. The third-order valence-electron chi connectivity index (χ3n) is 9.48. The lowest BCUT2D eigenvalue weighted by molar-refractivity contribution is -0.148. The maximum atomic E-state index is 13.4. The summed E-state index contributed by atoms with van der Waals surface area (Å²) in [6.07, 6.45) is 8.44. The summed E-state index contributed by atoms with van der Waals surface area (Å²) in [5.74, 6) is -0.717. The lowest BCUT2D eigenvalue weighted by Gasteiger charge is -2.43. The quantitative estimate of drug-likeness (QED) is 0.419. The molecule has 3 aliphatic rings. The SMILES string of the molecule is CO[C@H]1/C=C/CCN(C)C(=O)CC(O)(C(=O)NS(N)(=O)=O)c2ccc3c(c2)N(CCCCc2cc(Cl)ccc2CO3)C[C@@H]2CC[C@H]21. The summed E-state index contributed by atoms with van der Waals surface area (Å²) in [4.78, 5) is 30.4. The van der Waals surface area contributed by atoms with E-state index in [-0.39, 0.29) is 18.3 Å². The Morgan fingerprint density at radius 3 is 2.67 bits per heavy atom. The molecule has 5 rings (SSSR count). The summed E-state index contributed by atoms with van der Waals surface area (Å²) in [7, 11) is -1.24. The number of amides is 2. The molecule has 4 atom stereocenters. The van der Waals surface area contributed by atoms with E-state index in [2.05, 4.69) is 11.0 Å². The molecule has 0 saturated heterocycles. The Morgan fingerprint density at radius 1 is 1.15 bits per heavy atom. The molecule has 0 radical (unpaired) electrons. The second-order valence-electron chi connectivity index (χ2n) is 12.5. The van der Waals surface area contributed by atoms with E-state index in [4.69, 9.17) is 26.2 Å². The van der Waals surface area contributed by atoms with E-state index in [1.165, 1.54) is 11.0 Å². The molecule has 2 bridgehead atoms. The molecular formula is C33H43ClN4O7S. The molecule has 2 aliphatic heterocycles. The second-order valence-corrected chi connectivity index (χ2v) is 14.3. The van der Waals surface area contributed by atoms with Gasteiger partial charge in [-0.3, -0.25) is 9.59 Å². The van der Waals surface area contributed by atoms with Crippen LogP contribution in [-0.2, 0) is 43.2 Å². The van der Waals surface area contributed by atoms with Gasteiger partial charge in [0.25, 0.3) is 16.1 Å². The number of fused-ring (bicyclic) bond motifs is 3. The predicted octanol–water partition coefficient (Wildman–Crippen LogP) is 3.42. The Labute approximate surface area is 275 Å². The molecule has 2 heterocycles. The zero-order valence-electron chi connectivity index (χ0n) is 26.3. The van der Waals surface area contributed by atoms with Gasteiger partial charge in [-0.15, -0.1) is 0 Å². The normalized spacial score (nSPS) is 26.8. The van der Waals surface area contributed by atoms with Gasteiger partial charge in [0.15, 0.2) is 5.60 Å². The second kappa shape index (κ2) is 14.3. The number of nitrogens with two attached hydrogens (primary N) is 1. The van der Waals surface area contributed by atoms with Crippen LogP contribution in [0, 0.1) is 11.8 Å². The number of benzene rings is 2. The average molecular weight is 675 g/mol. The van der Waals surface area contributed by atoms with Crippen LogP contribution >= 0.6 is 11.6 Å². The molecule has 46 heavy (non-hydrogen) atoms. The lowest BCUT2D eigenvalue weighted by Crippen LogP contribution is -2.51. The number of methoxy groups -OCH3 is 1. The number of aliphatic hydroxyl groups is 1. The predicted molar refractivity (Wildman–Crippen MR) is 176 cm³/mol. The lowest BCUT2D eigenvalue weighted by atomic mass is 9.70. The summed E-state index contributed by atoms with van der Waals surface area (Å²) in [6.45, 7) is 1.94. The van der Waals surface area contributed by atoms with Gasteiger partial charge >= 0.3 is 0 Å². The monoisotopic (exact) mass is 674 g/mol. The highest BCUT2D eigenvalue weighted by atomic mass is 35.5. The number of halogens is 1. The number of rotatable bonds is 3. The fourth-order valence-electron chi connectivity index (χ4n) is 6.63. The fraction of sp³-hybridized carbons (Fsp3) is 0.515. The first-order valence-corrected chi connectivity index (χ1v) is 17.6. The van der Waals surface area contributed by atoms with Crippen molar-refractivity contribution >= 4 is 39.3 Å². The topological polar surface area (TPSA) is 152 Å². The van der Waals surface area contributed by atoms with Crippen molar-refractivity contribution in [1.29, 1.82) is 0 Å². The number of hydrogen-bond donors (Lipinski definition) is 3. The van der Waals surface area contributed by atoms with Crippen molar-refractivity contribution in [1.82, 2.24) is 9.62 Å². The molecule has 1 aliphatic carbocycles. The first kappa shape index (κ1) is 34.2. The third-order valence-corrected chi connectivity index (χ3v) is 10.2. The first-order valence-electron chi connectivity index (χ1n) is 15.7. The van der Waals surface area contributed by atoms with Crippen molar-refractivity contribution in [2.45, 2.75) is 63.3 Å². The Balaban J connectivity index is 1.62. The smallest absolute Gasteiger partial charge is 0.298 e. The van der Waals surface area contributed by atoms with Gasteiger partial charge in [-0.1, -0.05) is 35.9 Å². The van der Waals surface area contributed by atoms with Gasteiger partial charge in [0, 0.05) is 38.8 Å². The maximum absolute atomic E-state index is 13.4. The molecule has 1 saturated carbocycles. The van der Waals surface area contributed by atoms with Crippen LogP contribution in [0.2, 0.25) is 5.02 Å². The Kier molecular flexibility index (Phi) is 10.6. The van der Waals surface area contributed by atoms with E-state index in [9.17, 15) is 23.1 Å². The summed E-state index contributed by atoms with van der Waals surface area (Å²) in [5.41, 5.74) is 0.279. The number of nitrogens with one attached hydrogen (secondary N) is 1. The van der Waals surface area contributed by atoms with E-state index in [0.717, 1.165) is 43.2 Å². The van der Waals surface area contributed by atoms with Crippen molar-refractivity contribution in [2.24, 2.45) is 17.0 Å². The number of anilines is 1. The largest absolute Gasteiger partial charge is 0.487 e. The molecular weight excluding hydrogens is 632 g/mol. The van der Waals surface area contributed by atoms with Crippen LogP contribution in [0.5, 0.6) is 5.75 Å². The highest BCUT2D eigenvalue weighted by molar-refractivity contribution is 7.87. The number of hydrogen-bond acceptors (Lipinski definition) is 8. The highest BCUT2D eigenvalue weighted by Gasteiger charge is 2.44. The van der Waals surface area contributed by atoms with Gasteiger partial charge in [-0.25, -0.2) is 9.86 Å². The molecule has 1 fully saturated rings. The molecule has 2 amide bonds. The van der Waals surface area contributed by atoms with E-state index < -0.39 is 34.0 Å². The van der Waals surface area contributed by atoms with Crippen molar-refractivity contribution in [2.75, 3.05) is 38.7 Å². The molecule has 13 heteroatoms. The summed E-state index contributed by atoms with van der Waals surface area (Å²) >= 11 is 6.33. The molecule has 2 aromatic rings. The average Bonchev–Trinajstić information content (AvgIpc) is 3.02. The molecule has 250 valence electrons. The molecule has 0 spiro atoms. The van der Waals surface area contributed by atoms with Crippen molar-refractivity contribution in [3.8, 4) is 5.75 Å². The van der Waals surface area contributed by atoms with E-state index in [1.54, 1.807) is 31.0 Å². The number of aryl methyl sites for hydroxylation is 1.